The van der Waals surface area contributed by atoms with Gasteiger partial charge in [-0.25, -0.2) is 13.5 Å². The molecule has 0 radical (unpaired) electrons. The number of esters is 1. The highest BCUT2D eigenvalue weighted by molar-refractivity contribution is 7.52. The first-order valence-electron chi connectivity index (χ1n) is 11.6. The van der Waals surface area contributed by atoms with E-state index in [9.17, 15) is 14.5 Å². The zero-order chi connectivity index (χ0) is 27.7. The molecule has 6 unspecified atom stereocenters. The van der Waals surface area contributed by atoms with E-state index in [0.717, 1.165) is 6.92 Å². The highest BCUT2D eigenvalue weighted by Crippen LogP contribution is 2.47. The van der Waals surface area contributed by atoms with Gasteiger partial charge >= 0.3 is 19.4 Å². The highest BCUT2D eigenvalue weighted by Gasteiger charge is 2.58. The van der Waals surface area contributed by atoms with Crippen LogP contribution in [0.3, 0.4) is 0 Å². The number of imidazole rings is 1. The van der Waals surface area contributed by atoms with Crippen molar-refractivity contribution in [1.29, 1.82) is 0 Å². The third kappa shape index (κ3) is 5.42. The number of para-hydroxylation sites is 1. The fourth-order valence-electron chi connectivity index (χ4n) is 4.04. The number of rotatable bonds is 10. The first-order chi connectivity index (χ1) is 18.0. The van der Waals surface area contributed by atoms with E-state index in [1.165, 1.54) is 37.1 Å². The van der Waals surface area contributed by atoms with Crippen molar-refractivity contribution in [3.8, 4) is 5.75 Å². The fourth-order valence-corrected chi connectivity index (χ4v) is 5.54. The Morgan fingerprint density at radius 3 is 2.76 bits per heavy atom. The normalized spacial score (nSPS) is 25.6. The van der Waals surface area contributed by atoms with Crippen LogP contribution in [0.5, 0.6) is 5.75 Å². The van der Waals surface area contributed by atoms with Gasteiger partial charge in [0.1, 0.15) is 24.0 Å². The van der Waals surface area contributed by atoms with Crippen LogP contribution < -0.4 is 25.2 Å². The molecule has 1 aliphatic rings. The number of aromatic amines is 1. The number of H-pyrrole nitrogens is 1. The van der Waals surface area contributed by atoms with Gasteiger partial charge in [0.2, 0.25) is 11.7 Å². The molecular weight excluding hydrogens is 524 g/mol. The molecule has 6 atom stereocenters. The lowest BCUT2D eigenvalue weighted by Gasteiger charge is -2.24. The Labute approximate surface area is 217 Å². The maximum absolute atomic E-state index is 15.9. The molecule has 206 valence electrons. The van der Waals surface area contributed by atoms with E-state index in [1.54, 1.807) is 25.2 Å². The summed E-state index contributed by atoms with van der Waals surface area (Å²) in [5.41, 5.74) is 4.15. The van der Waals surface area contributed by atoms with Gasteiger partial charge in [0.25, 0.3) is 5.95 Å². The van der Waals surface area contributed by atoms with Crippen LogP contribution in [0.2, 0.25) is 0 Å². The first kappa shape index (κ1) is 27.7. The number of alkyl halides is 1. The van der Waals surface area contributed by atoms with E-state index in [0.29, 0.717) is 11.3 Å². The minimum absolute atomic E-state index is 0.0565. The van der Waals surface area contributed by atoms with E-state index < -0.39 is 50.5 Å². The zero-order valence-electron chi connectivity index (χ0n) is 21.1. The Balaban J connectivity index is 1.57. The minimum atomic E-state index is -4.24. The second-order valence-corrected chi connectivity index (χ2v) is 10.4. The van der Waals surface area contributed by atoms with Gasteiger partial charge in [-0.1, -0.05) is 23.2 Å². The predicted octanol–water partition coefficient (Wildman–Crippen LogP) is 1.21. The maximum atomic E-state index is 15.9. The second kappa shape index (κ2) is 10.8. The number of hydrogen-bond acceptors (Lipinski definition) is 11. The van der Waals surface area contributed by atoms with Crippen molar-refractivity contribution in [2.75, 3.05) is 31.8 Å². The number of aliphatic hydroxyl groups excluding tert-OH is 1. The third-order valence-corrected chi connectivity index (χ3v) is 7.63. The lowest BCUT2D eigenvalue weighted by molar-refractivity contribution is -0.749. The monoisotopic (exact) mass is 554 g/mol. The first-order valence-corrected chi connectivity index (χ1v) is 13.1. The average molecular weight is 554 g/mol. The topological polar surface area (TPSA) is 187 Å². The Bertz CT molecular complexity index is 1340. The van der Waals surface area contributed by atoms with Gasteiger partial charge in [0, 0.05) is 7.05 Å². The van der Waals surface area contributed by atoms with Gasteiger partial charge in [-0.15, -0.1) is 0 Å². The van der Waals surface area contributed by atoms with Crippen LogP contribution in [0.1, 0.15) is 20.1 Å². The van der Waals surface area contributed by atoms with Gasteiger partial charge in [-0.3, -0.25) is 14.3 Å². The van der Waals surface area contributed by atoms with Crippen LogP contribution in [0, 0.1) is 0 Å². The molecule has 1 aliphatic heterocycles. The van der Waals surface area contributed by atoms with Crippen molar-refractivity contribution in [3.63, 3.8) is 0 Å². The van der Waals surface area contributed by atoms with Crippen molar-refractivity contribution in [2.45, 2.75) is 44.0 Å². The summed E-state index contributed by atoms with van der Waals surface area (Å²) >= 11 is 0. The molecular formula is C22H30FN7O7P+. The van der Waals surface area contributed by atoms with Crippen LogP contribution in [-0.4, -0.2) is 70.7 Å². The number of halogens is 1. The molecule has 14 nitrogen and oxygen atoms in total. The number of carbonyl (C=O) groups excluding carboxylic acids is 1. The summed E-state index contributed by atoms with van der Waals surface area (Å²) < 4.78 is 52.4. The van der Waals surface area contributed by atoms with Crippen molar-refractivity contribution in [1.82, 2.24) is 20.0 Å². The highest BCUT2D eigenvalue weighted by atomic mass is 31.2. The Kier molecular flexibility index (Phi) is 7.85. The summed E-state index contributed by atoms with van der Waals surface area (Å²) in [6, 6.07) is 7.04. The molecule has 0 aliphatic carbocycles. The number of fused-ring (bicyclic) bond motifs is 1. The number of nitrogens with zero attached hydrogens (tertiary/aromatic N) is 3. The molecule has 38 heavy (non-hydrogen) atoms. The summed E-state index contributed by atoms with van der Waals surface area (Å²) in [7, 11) is -1.43. The van der Waals surface area contributed by atoms with Gasteiger partial charge in [-0.2, -0.15) is 10.1 Å². The molecule has 1 saturated heterocycles. The van der Waals surface area contributed by atoms with E-state index in [4.69, 9.17) is 19.5 Å². The van der Waals surface area contributed by atoms with E-state index in [-0.39, 0.29) is 17.3 Å². The molecule has 16 heteroatoms. The van der Waals surface area contributed by atoms with Crippen molar-refractivity contribution >= 4 is 36.6 Å². The predicted molar refractivity (Wildman–Crippen MR) is 133 cm³/mol. The van der Waals surface area contributed by atoms with Gasteiger partial charge in [0.05, 0.1) is 13.7 Å². The van der Waals surface area contributed by atoms with Crippen molar-refractivity contribution in [3.05, 3.63) is 36.7 Å². The number of benzene rings is 1. The smallest absolute Gasteiger partial charge is 0.459 e. The largest absolute Gasteiger partial charge is 0.468 e. The Morgan fingerprint density at radius 1 is 1.39 bits per heavy atom. The van der Waals surface area contributed by atoms with Crippen molar-refractivity contribution in [2.24, 2.45) is 0 Å². The number of nitrogen functional groups attached to an aromatic ring is 1. The molecule has 2 aromatic heterocycles. The minimum Gasteiger partial charge on any atom is -0.468 e. The van der Waals surface area contributed by atoms with Gasteiger partial charge < -0.3 is 30.2 Å². The number of anilines is 2. The van der Waals surface area contributed by atoms with Crippen LogP contribution in [0.4, 0.5) is 16.2 Å². The Hall–Kier alpha value is -3.36. The summed E-state index contributed by atoms with van der Waals surface area (Å²) in [5.74, 6) is -0.195. The van der Waals surface area contributed by atoms with E-state index >= 15 is 4.39 Å². The third-order valence-electron chi connectivity index (χ3n) is 5.99. The quantitative estimate of drug-likeness (QED) is 0.137. The molecule has 1 fully saturated rings. The number of nitrogens with one attached hydrogen (secondary N) is 3. The molecule has 1 aromatic carbocycles. The number of aromatic nitrogens is 4. The van der Waals surface area contributed by atoms with E-state index in [1.807, 2.05) is 0 Å². The SMILES string of the molecule is CNc1nc(N)nc2c1[nH]c[n+]2C1OC(COP(=O)(NC(C)C(=O)OC)Oc2ccccc2)C(O)C1(C)F. The average Bonchev–Trinajstić information content (AvgIpc) is 3.39. The number of ether oxygens (including phenoxy) is 2. The molecule has 3 aromatic rings. The molecule has 0 amide bonds. The Morgan fingerprint density at radius 2 is 2.11 bits per heavy atom. The van der Waals surface area contributed by atoms with Crippen molar-refractivity contribution < 1.29 is 41.9 Å². The van der Waals surface area contributed by atoms with Gasteiger partial charge in [-0.05, 0) is 26.0 Å². The number of nitrogens with two attached hydrogens (primary N) is 1. The van der Waals surface area contributed by atoms with Crippen LogP contribution in [-0.2, 0) is 23.4 Å². The molecule has 0 spiro atoms. The summed E-state index contributed by atoms with van der Waals surface area (Å²) in [6.07, 6.45) is -2.93. The molecule has 0 bridgehead atoms. The van der Waals surface area contributed by atoms with Crippen LogP contribution in [0.15, 0.2) is 36.7 Å². The number of carbonyl (C=O) groups is 1. The molecule has 6 N–H and O–H groups in total. The maximum Gasteiger partial charge on any atom is 0.459 e. The number of hydrogen-bond donors (Lipinski definition) is 5. The lowest BCUT2D eigenvalue weighted by Crippen LogP contribution is -2.50. The van der Waals surface area contributed by atoms with Gasteiger partial charge in [0.15, 0.2) is 17.8 Å². The number of methoxy groups -OCH3 is 1. The number of aliphatic hydroxyl groups is 1. The lowest BCUT2D eigenvalue weighted by atomic mass is 9.98. The summed E-state index contributed by atoms with van der Waals surface area (Å²) in [4.78, 5) is 23.1. The van der Waals surface area contributed by atoms with Crippen LogP contribution >= 0.6 is 7.75 Å². The summed E-state index contributed by atoms with van der Waals surface area (Å²) in [6.45, 7) is 2.02. The molecule has 0 saturated carbocycles. The van der Waals surface area contributed by atoms with Crippen LogP contribution in [0.25, 0.3) is 11.2 Å². The van der Waals surface area contributed by atoms with E-state index in [2.05, 4.69) is 30.1 Å². The molecule has 4 rings (SSSR count). The standard InChI is InChI=1S/C22H29FN7O7P/c1-12(19(32)34-4)29-38(33,37-13-8-6-5-7-9-13)35-10-14-16(31)22(2,23)20(36-14)30-11-26-15-17(25-3)27-21(24)28-18(15)30/h5-9,11-12,14,16,20,31H,10H2,1-4H3,(H4,24,25,27,28,29,33)/p+1. The molecule has 3 heterocycles. The summed E-state index contributed by atoms with van der Waals surface area (Å²) in [5, 5.41) is 16.2. The second-order valence-electron chi connectivity index (χ2n) is 8.75. The zero-order valence-corrected chi connectivity index (χ0v) is 22.0. The fraction of sp³-hybridized carbons (Fsp3) is 0.455.